The SMILES string of the molecule is Cc1cccc(CNC(=O)/C=C/c2ccc(N3CCCS3(=O)=O)cc2)c1. The fraction of sp³-hybridized carbons (Fsp3) is 0.250. The topological polar surface area (TPSA) is 66.5 Å². The van der Waals surface area contributed by atoms with Crippen molar-refractivity contribution in [1.29, 1.82) is 0 Å². The van der Waals surface area contributed by atoms with Crippen molar-refractivity contribution >= 4 is 27.7 Å². The molecule has 1 amide bonds. The summed E-state index contributed by atoms with van der Waals surface area (Å²) in [7, 11) is -3.16. The zero-order valence-corrected chi connectivity index (χ0v) is 15.5. The number of aryl methyl sites for hydroxylation is 1. The monoisotopic (exact) mass is 370 g/mol. The van der Waals surface area contributed by atoms with Gasteiger partial charge in [-0.05, 0) is 42.7 Å². The van der Waals surface area contributed by atoms with Crippen LogP contribution in [0, 0.1) is 6.92 Å². The van der Waals surface area contributed by atoms with E-state index in [1.165, 1.54) is 10.4 Å². The minimum Gasteiger partial charge on any atom is -0.348 e. The number of amides is 1. The van der Waals surface area contributed by atoms with E-state index in [-0.39, 0.29) is 11.7 Å². The van der Waals surface area contributed by atoms with E-state index in [9.17, 15) is 13.2 Å². The second-order valence-electron chi connectivity index (χ2n) is 6.37. The van der Waals surface area contributed by atoms with Gasteiger partial charge in [0.25, 0.3) is 0 Å². The van der Waals surface area contributed by atoms with Gasteiger partial charge in [-0.15, -0.1) is 0 Å². The van der Waals surface area contributed by atoms with Crippen LogP contribution in [0.15, 0.2) is 54.6 Å². The van der Waals surface area contributed by atoms with Gasteiger partial charge < -0.3 is 5.32 Å². The molecule has 1 fully saturated rings. The van der Waals surface area contributed by atoms with E-state index in [2.05, 4.69) is 5.32 Å². The van der Waals surface area contributed by atoms with Crippen LogP contribution in [0.3, 0.4) is 0 Å². The first-order valence-corrected chi connectivity index (χ1v) is 10.2. The minimum atomic E-state index is -3.16. The zero-order chi connectivity index (χ0) is 18.6. The van der Waals surface area contributed by atoms with Gasteiger partial charge in [-0.25, -0.2) is 8.42 Å². The smallest absolute Gasteiger partial charge is 0.244 e. The number of rotatable bonds is 5. The molecule has 0 aromatic heterocycles. The third kappa shape index (κ3) is 4.52. The highest BCUT2D eigenvalue weighted by Gasteiger charge is 2.28. The Bertz CT molecular complexity index is 918. The summed E-state index contributed by atoms with van der Waals surface area (Å²) in [5, 5.41) is 2.85. The summed E-state index contributed by atoms with van der Waals surface area (Å²) in [4.78, 5) is 12.0. The Kier molecular flexibility index (Phi) is 5.42. The maximum absolute atomic E-state index is 12.0. The van der Waals surface area contributed by atoms with Gasteiger partial charge in [0.1, 0.15) is 0 Å². The molecule has 2 aromatic carbocycles. The second kappa shape index (κ2) is 7.74. The molecule has 26 heavy (non-hydrogen) atoms. The molecule has 0 aliphatic carbocycles. The van der Waals surface area contributed by atoms with Crippen molar-refractivity contribution in [1.82, 2.24) is 5.32 Å². The maximum atomic E-state index is 12.0. The molecule has 0 saturated carbocycles. The Hall–Kier alpha value is -2.60. The average Bonchev–Trinajstić information content (AvgIpc) is 2.98. The van der Waals surface area contributed by atoms with Crippen molar-refractivity contribution in [2.24, 2.45) is 0 Å². The van der Waals surface area contributed by atoms with Gasteiger partial charge in [0.15, 0.2) is 0 Å². The average molecular weight is 370 g/mol. The molecular weight excluding hydrogens is 348 g/mol. The van der Waals surface area contributed by atoms with Crippen molar-refractivity contribution in [2.45, 2.75) is 19.9 Å². The van der Waals surface area contributed by atoms with Crippen molar-refractivity contribution in [3.8, 4) is 0 Å². The lowest BCUT2D eigenvalue weighted by atomic mass is 10.1. The molecule has 1 aliphatic heterocycles. The van der Waals surface area contributed by atoms with Gasteiger partial charge in [-0.1, -0.05) is 42.0 Å². The van der Waals surface area contributed by atoms with E-state index in [1.807, 2.05) is 43.3 Å². The highest BCUT2D eigenvalue weighted by Crippen LogP contribution is 2.24. The number of benzene rings is 2. The summed E-state index contributed by atoms with van der Waals surface area (Å²) in [6.07, 6.45) is 3.86. The fourth-order valence-electron chi connectivity index (χ4n) is 2.92. The summed E-state index contributed by atoms with van der Waals surface area (Å²) >= 11 is 0. The van der Waals surface area contributed by atoms with Gasteiger partial charge in [-0.2, -0.15) is 0 Å². The quantitative estimate of drug-likeness (QED) is 0.823. The molecule has 2 aromatic rings. The minimum absolute atomic E-state index is 0.169. The van der Waals surface area contributed by atoms with Crippen LogP contribution in [0.4, 0.5) is 5.69 Å². The van der Waals surface area contributed by atoms with Crippen LogP contribution in [0.2, 0.25) is 0 Å². The number of carbonyl (C=O) groups excluding carboxylic acids is 1. The van der Waals surface area contributed by atoms with Gasteiger partial charge >= 0.3 is 0 Å². The van der Waals surface area contributed by atoms with E-state index in [4.69, 9.17) is 0 Å². The van der Waals surface area contributed by atoms with Crippen LogP contribution in [0.1, 0.15) is 23.1 Å². The third-order valence-corrected chi connectivity index (χ3v) is 6.13. The highest BCUT2D eigenvalue weighted by molar-refractivity contribution is 7.93. The molecule has 0 radical (unpaired) electrons. The van der Waals surface area contributed by atoms with E-state index < -0.39 is 10.0 Å². The molecule has 0 atom stereocenters. The molecule has 0 spiro atoms. The Labute approximate surface area is 154 Å². The molecule has 1 saturated heterocycles. The lowest BCUT2D eigenvalue weighted by Gasteiger charge is -2.16. The van der Waals surface area contributed by atoms with Crippen LogP contribution in [0.5, 0.6) is 0 Å². The number of carbonyl (C=O) groups is 1. The lowest BCUT2D eigenvalue weighted by Crippen LogP contribution is -2.24. The number of hydrogen-bond acceptors (Lipinski definition) is 3. The summed E-state index contributed by atoms with van der Waals surface area (Å²) in [6, 6.07) is 15.2. The molecule has 6 heteroatoms. The summed E-state index contributed by atoms with van der Waals surface area (Å²) in [5.74, 6) is 0.0353. The first-order valence-electron chi connectivity index (χ1n) is 8.56. The van der Waals surface area contributed by atoms with Crippen molar-refractivity contribution in [2.75, 3.05) is 16.6 Å². The number of hydrogen-bond donors (Lipinski definition) is 1. The van der Waals surface area contributed by atoms with E-state index >= 15 is 0 Å². The molecule has 1 aliphatic rings. The molecule has 136 valence electrons. The predicted molar refractivity (Wildman–Crippen MR) is 104 cm³/mol. The third-order valence-electron chi connectivity index (χ3n) is 4.26. The number of anilines is 1. The Balaban J connectivity index is 1.57. The second-order valence-corrected chi connectivity index (χ2v) is 8.39. The molecule has 1 heterocycles. The normalized spacial score (nSPS) is 16.1. The van der Waals surface area contributed by atoms with Crippen molar-refractivity contribution in [3.05, 3.63) is 71.3 Å². The Morgan fingerprint density at radius 2 is 1.96 bits per heavy atom. The van der Waals surface area contributed by atoms with Crippen LogP contribution >= 0.6 is 0 Å². The molecular formula is C20H22N2O3S. The first-order chi connectivity index (χ1) is 12.4. The number of nitrogens with zero attached hydrogens (tertiary/aromatic N) is 1. The largest absolute Gasteiger partial charge is 0.348 e. The highest BCUT2D eigenvalue weighted by atomic mass is 32.2. The van der Waals surface area contributed by atoms with Crippen LogP contribution in [0.25, 0.3) is 6.08 Å². The van der Waals surface area contributed by atoms with Crippen LogP contribution < -0.4 is 9.62 Å². The lowest BCUT2D eigenvalue weighted by molar-refractivity contribution is -0.116. The first kappa shape index (κ1) is 18.2. The summed E-state index contributed by atoms with van der Waals surface area (Å²) in [6.45, 7) is 3.03. The summed E-state index contributed by atoms with van der Waals surface area (Å²) in [5.41, 5.74) is 3.73. The Morgan fingerprint density at radius 1 is 1.19 bits per heavy atom. The van der Waals surface area contributed by atoms with E-state index in [0.29, 0.717) is 25.2 Å². The molecule has 0 bridgehead atoms. The van der Waals surface area contributed by atoms with Gasteiger partial charge in [0.2, 0.25) is 15.9 Å². The van der Waals surface area contributed by atoms with Gasteiger partial charge in [0.05, 0.1) is 11.4 Å². The number of sulfonamides is 1. The molecule has 5 nitrogen and oxygen atoms in total. The standard InChI is InChI=1S/C20H22N2O3S/c1-16-4-2-5-18(14-16)15-21-20(23)11-8-17-6-9-19(10-7-17)22-12-3-13-26(22,24)25/h2,4-11,14H,3,12-13,15H2,1H3,(H,21,23)/b11-8+. The number of nitrogens with one attached hydrogen (secondary N) is 1. The van der Waals surface area contributed by atoms with Crippen molar-refractivity contribution < 1.29 is 13.2 Å². The summed E-state index contributed by atoms with van der Waals surface area (Å²) < 4.78 is 25.3. The fourth-order valence-corrected chi connectivity index (χ4v) is 4.49. The van der Waals surface area contributed by atoms with Gasteiger partial charge in [0, 0.05) is 19.2 Å². The molecule has 1 N–H and O–H groups in total. The van der Waals surface area contributed by atoms with Crippen LogP contribution in [-0.2, 0) is 21.4 Å². The van der Waals surface area contributed by atoms with Crippen molar-refractivity contribution in [3.63, 3.8) is 0 Å². The molecule has 3 rings (SSSR count). The van der Waals surface area contributed by atoms with E-state index in [1.54, 1.807) is 18.2 Å². The Morgan fingerprint density at radius 3 is 2.62 bits per heavy atom. The maximum Gasteiger partial charge on any atom is 0.244 e. The zero-order valence-electron chi connectivity index (χ0n) is 14.7. The van der Waals surface area contributed by atoms with Gasteiger partial charge in [-0.3, -0.25) is 9.10 Å². The predicted octanol–water partition coefficient (Wildman–Crippen LogP) is 2.86. The molecule has 0 unspecified atom stereocenters. The van der Waals surface area contributed by atoms with E-state index in [0.717, 1.165) is 16.7 Å². The van der Waals surface area contributed by atoms with Crippen LogP contribution in [-0.4, -0.2) is 26.6 Å².